The summed E-state index contributed by atoms with van der Waals surface area (Å²) in [7, 11) is 7.67. The zero-order chi connectivity index (χ0) is 4.00. The van der Waals surface area contributed by atoms with Crippen LogP contribution in [0.3, 0.4) is 0 Å². The van der Waals surface area contributed by atoms with Gasteiger partial charge in [0.1, 0.15) is 0 Å². The van der Waals surface area contributed by atoms with E-state index in [9.17, 15) is 0 Å². The first-order valence-electron chi connectivity index (χ1n) is 0.289. The van der Waals surface area contributed by atoms with Crippen molar-refractivity contribution in [1.82, 2.24) is 0 Å². The van der Waals surface area contributed by atoms with Crippen LogP contribution in [0.2, 0.25) is 0 Å². The Morgan fingerprint density at radius 3 is 1.17 bits per heavy atom. The molecule has 0 aliphatic heterocycles. The summed E-state index contributed by atoms with van der Waals surface area (Å²) in [6, 6.07) is 0. The van der Waals surface area contributed by atoms with Gasteiger partial charge in [-0.1, -0.05) is 0 Å². The predicted molar refractivity (Wildman–Crippen MR) is 27.6 cm³/mol. The van der Waals surface area contributed by atoms with Crippen LogP contribution in [-0.4, -0.2) is 5.48 Å². The van der Waals surface area contributed by atoms with Crippen LogP contribution in [0, 0.1) is 0 Å². The molecule has 0 fully saturated rings. The molecule has 0 saturated heterocycles. The van der Waals surface area contributed by atoms with Gasteiger partial charge < -0.3 is 19.0 Å². The van der Waals surface area contributed by atoms with E-state index in [0.29, 0.717) is 0 Å². The maximum absolute atomic E-state index is 3.83. The monoisotopic (exact) mass is 227 g/mol. The Bertz CT molecular complexity index is 10.8. The molecule has 6 heavy (non-hydrogen) atoms. The molecule has 0 aliphatic carbocycles. The fourth-order valence-electron chi connectivity index (χ4n) is 0. The van der Waals surface area contributed by atoms with Gasteiger partial charge in [-0.3, -0.25) is 0 Å². The summed E-state index contributed by atoms with van der Waals surface area (Å²) in [5, 5.41) is 0. The van der Waals surface area contributed by atoms with Gasteiger partial charge in [0.15, 0.2) is 0 Å². The van der Waals surface area contributed by atoms with Crippen LogP contribution in [0.4, 0.5) is 0 Å². The molecular formula is H3Fe2OS3. The molecule has 0 rings (SSSR count). The first kappa shape index (κ1) is 25.0. The molecule has 0 aromatic carbocycles. The molecule has 0 aliphatic rings. The van der Waals surface area contributed by atoms with Crippen LogP contribution < -0.4 is 0 Å². The van der Waals surface area contributed by atoms with Gasteiger partial charge in [-0.2, -0.15) is 0 Å². The van der Waals surface area contributed by atoms with E-state index in [4.69, 9.17) is 0 Å². The standard InChI is InChI=1S/2Fe.H2O.H2S.2S/h;;2*1H2;;/q;+1;;;;/p-1. The van der Waals surface area contributed by atoms with Gasteiger partial charge in [-0.15, -0.1) is 0 Å². The Hall–Kier alpha value is 1.79. The van der Waals surface area contributed by atoms with Crippen LogP contribution in [0.1, 0.15) is 0 Å². The minimum atomic E-state index is 0. The molecule has 43 valence electrons. The summed E-state index contributed by atoms with van der Waals surface area (Å²) in [5.74, 6) is 0. The van der Waals surface area contributed by atoms with E-state index in [1.54, 1.807) is 0 Å². The summed E-state index contributed by atoms with van der Waals surface area (Å²) in [5.41, 5.74) is 0. The molecule has 0 aromatic heterocycles. The van der Waals surface area contributed by atoms with Crippen LogP contribution >= 0.6 is 21.1 Å². The second-order valence-corrected chi connectivity index (χ2v) is 0. The van der Waals surface area contributed by atoms with E-state index in [2.05, 4.69) is 49.9 Å². The average molecular weight is 227 g/mol. The molecule has 0 atom stereocenters. The maximum atomic E-state index is 3.83. The Morgan fingerprint density at radius 2 is 1.17 bits per heavy atom. The Kier molecular flexibility index (Phi) is 296. The molecule has 0 saturated carbocycles. The van der Waals surface area contributed by atoms with Crippen molar-refractivity contribution in [3.8, 4) is 0 Å². The van der Waals surface area contributed by atoms with Crippen LogP contribution in [0.25, 0.3) is 0 Å². The van der Waals surface area contributed by atoms with Gasteiger partial charge in [-0.05, 0) is 0 Å². The third-order valence-corrected chi connectivity index (χ3v) is 0. The molecule has 0 unspecified atom stereocenters. The fraction of sp³-hybridized carbons (Fsp3) is 0. The van der Waals surface area contributed by atoms with Crippen molar-refractivity contribution in [2.45, 2.75) is 0 Å². The summed E-state index contributed by atoms with van der Waals surface area (Å²) in [6.45, 7) is 0. The van der Waals surface area contributed by atoms with Gasteiger partial charge in [0, 0.05) is 0 Å². The molecule has 6 heteroatoms. The Morgan fingerprint density at radius 1 is 1.17 bits per heavy atom. The van der Waals surface area contributed by atoms with Gasteiger partial charge in [0.05, 0.1) is 0 Å². The first-order chi connectivity index (χ1) is 2.00. The second-order valence-electron chi connectivity index (χ2n) is 0. The van der Waals surface area contributed by atoms with E-state index >= 15 is 0 Å². The predicted octanol–water partition coefficient (Wildman–Crippen LogP) is 0.197. The van der Waals surface area contributed by atoms with Gasteiger partial charge in [-0.25, -0.2) is 0 Å². The van der Waals surface area contributed by atoms with Crippen molar-refractivity contribution < 1.29 is 34.2 Å². The molecule has 0 bridgehead atoms. The van der Waals surface area contributed by atoms with Crippen molar-refractivity contribution in [1.29, 1.82) is 0 Å². The molecule has 1 nitrogen and oxygen atoms in total. The van der Waals surface area contributed by atoms with Crippen LogP contribution in [0.5, 0.6) is 0 Å². The van der Waals surface area contributed by atoms with E-state index in [1.807, 2.05) is 0 Å². The van der Waals surface area contributed by atoms with Gasteiger partial charge >= 0.3 is 49.9 Å². The van der Waals surface area contributed by atoms with Crippen molar-refractivity contribution in [2.75, 3.05) is 0 Å². The van der Waals surface area contributed by atoms with Crippen molar-refractivity contribution in [2.24, 2.45) is 0 Å². The zero-order valence-electron chi connectivity index (χ0n) is 2.47. The van der Waals surface area contributed by atoms with E-state index < -0.39 is 0 Å². The van der Waals surface area contributed by atoms with Crippen molar-refractivity contribution in [3.63, 3.8) is 0 Å². The van der Waals surface area contributed by atoms with Crippen LogP contribution in [-0.2, 0) is 42.3 Å². The Labute approximate surface area is 68.4 Å². The van der Waals surface area contributed by atoms with Gasteiger partial charge in [0.2, 0.25) is 0 Å². The van der Waals surface area contributed by atoms with E-state index in [-0.39, 0.29) is 19.0 Å². The SMILES string of the molecule is O.[SH-].[S]=[Fe+].[S]=[Fe]. The summed E-state index contributed by atoms with van der Waals surface area (Å²) in [4.78, 5) is 0. The van der Waals surface area contributed by atoms with Crippen molar-refractivity contribution in [3.05, 3.63) is 0 Å². The third-order valence-electron chi connectivity index (χ3n) is 0. The molecule has 2 N–H and O–H groups in total. The zero-order valence-corrected chi connectivity index (χ0v) is 7.21. The molecular weight excluding hydrogens is 224 g/mol. The number of hydrogen-bond donors (Lipinski definition) is 0. The van der Waals surface area contributed by atoms with Gasteiger partial charge in [0.25, 0.3) is 0 Å². The van der Waals surface area contributed by atoms with E-state index in [0.717, 1.165) is 0 Å². The summed E-state index contributed by atoms with van der Waals surface area (Å²) >= 11 is 5.67. The van der Waals surface area contributed by atoms with Crippen LogP contribution in [0.15, 0.2) is 0 Å². The molecule has 0 radical (unpaired) electrons. The van der Waals surface area contributed by atoms with E-state index in [1.165, 1.54) is 0 Å². The molecule has 0 heterocycles. The normalized spacial score (nSPS) is 1.50. The fourth-order valence-corrected chi connectivity index (χ4v) is 0. The first-order valence-corrected chi connectivity index (χ1v) is 3.57. The average Bonchev–Trinajstić information content (AvgIpc) is 1.50. The van der Waals surface area contributed by atoms with Crippen molar-refractivity contribution >= 4 is 34.6 Å². The summed E-state index contributed by atoms with van der Waals surface area (Å²) in [6.07, 6.45) is 0. The number of hydrogen-bond acceptors (Lipinski definition) is 3. The number of thiol groups is 1. The summed E-state index contributed by atoms with van der Waals surface area (Å²) < 4.78 is 0. The Balaban J connectivity index is -0.00000000500. The molecule has 0 spiro atoms. The second kappa shape index (κ2) is 71.1. The minimum absolute atomic E-state index is 0. The molecule has 0 amide bonds. The topological polar surface area (TPSA) is 31.5 Å². The third kappa shape index (κ3) is 41.5. The quantitative estimate of drug-likeness (QED) is 0.336. The number of rotatable bonds is 0. The molecule has 0 aromatic rings.